The second kappa shape index (κ2) is 10.5. The lowest BCUT2D eigenvalue weighted by molar-refractivity contribution is -0.180. The minimum atomic E-state index is -2.33. The summed E-state index contributed by atoms with van der Waals surface area (Å²) in [6.45, 7) is 3.94. The number of hydrogen-bond donors (Lipinski definition) is 1. The van der Waals surface area contributed by atoms with Gasteiger partial charge < -0.3 is 19.7 Å². The summed E-state index contributed by atoms with van der Waals surface area (Å²) in [6.07, 6.45) is 7.78. The molecule has 2 aliphatic carbocycles. The standard InChI is InChI=1S/C28H37F2N5O2/c29-26(30)27(18-35-12-9-28(10-13-35)19-36-14-15-37-28)7-5-22(6-8-27)33-24-16-21(17-32-34-24)23-2-1-11-31-25(23)20-3-4-20/h1-2,11,16-17,20,22,26H,3-10,12-15,18-19H2,(H,33,34). The van der Waals surface area contributed by atoms with E-state index in [1.165, 1.54) is 12.8 Å². The number of piperidine rings is 1. The van der Waals surface area contributed by atoms with E-state index in [2.05, 4.69) is 31.5 Å². The van der Waals surface area contributed by atoms with Crippen molar-refractivity contribution in [1.29, 1.82) is 0 Å². The Morgan fingerprint density at radius 3 is 2.59 bits per heavy atom. The number of aromatic nitrogens is 3. The van der Waals surface area contributed by atoms with E-state index in [0.29, 0.717) is 63.8 Å². The van der Waals surface area contributed by atoms with E-state index in [0.717, 1.165) is 42.8 Å². The van der Waals surface area contributed by atoms with Gasteiger partial charge in [0.25, 0.3) is 0 Å². The van der Waals surface area contributed by atoms with Crippen molar-refractivity contribution in [2.24, 2.45) is 5.41 Å². The number of rotatable bonds is 7. The van der Waals surface area contributed by atoms with Crippen LogP contribution in [0.15, 0.2) is 30.6 Å². The summed E-state index contributed by atoms with van der Waals surface area (Å²) in [5.74, 6) is 1.24. The van der Waals surface area contributed by atoms with Crippen LogP contribution in [-0.4, -0.2) is 77.6 Å². The Kier molecular flexibility index (Phi) is 7.11. The quantitative estimate of drug-likeness (QED) is 0.564. The zero-order chi connectivity index (χ0) is 25.3. The predicted molar refractivity (Wildman–Crippen MR) is 137 cm³/mol. The lowest BCUT2D eigenvalue weighted by Gasteiger charge is -2.47. The summed E-state index contributed by atoms with van der Waals surface area (Å²) in [4.78, 5) is 6.84. The molecule has 0 bridgehead atoms. The fourth-order valence-corrected chi connectivity index (χ4v) is 6.39. The van der Waals surface area contributed by atoms with E-state index in [1.807, 2.05) is 18.3 Å². The van der Waals surface area contributed by atoms with Gasteiger partial charge in [0, 0.05) is 54.3 Å². The molecule has 7 nitrogen and oxygen atoms in total. The van der Waals surface area contributed by atoms with Gasteiger partial charge in [0.2, 0.25) is 6.43 Å². The van der Waals surface area contributed by atoms with Gasteiger partial charge in [-0.1, -0.05) is 6.07 Å². The molecule has 2 saturated carbocycles. The topological polar surface area (TPSA) is 72.4 Å². The number of nitrogens with one attached hydrogen (secondary N) is 1. The lowest BCUT2D eigenvalue weighted by atomic mass is 9.72. The fraction of sp³-hybridized carbons (Fsp3) is 0.679. The van der Waals surface area contributed by atoms with Gasteiger partial charge >= 0.3 is 0 Å². The van der Waals surface area contributed by atoms with E-state index in [4.69, 9.17) is 9.47 Å². The molecule has 0 unspecified atom stereocenters. The molecule has 0 amide bonds. The van der Waals surface area contributed by atoms with Crippen LogP contribution in [0.2, 0.25) is 0 Å². The van der Waals surface area contributed by atoms with Crippen LogP contribution in [0.1, 0.15) is 63.0 Å². The zero-order valence-corrected chi connectivity index (χ0v) is 21.4. The van der Waals surface area contributed by atoms with Crippen LogP contribution in [0.25, 0.3) is 11.1 Å². The lowest BCUT2D eigenvalue weighted by Crippen LogP contribution is -2.54. The largest absolute Gasteiger partial charge is 0.376 e. The number of nitrogens with zero attached hydrogens (tertiary/aromatic N) is 4. The second-order valence-electron chi connectivity index (χ2n) is 11.5. The molecule has 1 N–H and O–H groups in total. The van der Waals surface area contributed by atoms with Crippen LogP contribution < -0.4 is 5.32 Å². The van der Waals surface area contributed by atoms with Gasteiger partial charge in [-0.15, -0.1) is 5.10 Å². The van der Waals surface area contributed by atoms with Gasteiger partial charge in [-0.05, 0) is 63.5 Å². The highest BCUT2D eigenvalue weighted by molar-refractivity contribution is 5.68. The predicted octanol–water partition coefficient (Wildman–Crippen LogP) is 4.90. The van der Waals surface area contributed by atoms with Crippen molar-refractivity contribution in [3.05, 3.63) is 36.3 Å². The normalized spacial score (nSPS) is 28.5. The van der Waals surface area contributed by atoms with Gasteiger partial charge in [-0.25, -0.2) is 8.78 Å². The maximum absolute atomic E-state index is 14.5. The van der Waals surface area contributed by atoms with Crippen molar-refractivity contribution >= 4 is 5.82 Å². The molecule has 200 valence electrons. The SMILES string of the molecule is FC(F)C1(CN2CCC3(CC2)COCCO3)CCC(Nc2cc(-c3cccnc3C3CC3)cnn2)CC1. The van der Waals surface area contributed by atoms with E-state index < -0.39 is 11.8 Å². The third-order valence-corrected chi connectivity index (χ3v) is 8.87. The molecule has 4 fully saturated rings. The molecule has 4 heterocycles. The van der Waals surface area contributed by atoms with E-state index in [1.54, 1.807) is 6.20 Å². The maximum atomic E-state index is 14.5. The second-order valence-corrected chi connectivity index (χ2v) is 11.5. The number of hydrogen-bond acceptors (Lipinski definition) is 7. The highest BCUT2D eigenvalue weighted by atomic mass is 19.3. The van der Waals surface area contributed by atoms with Crippen molar-refractivity contribution < 1.29 is 18.3 Å². The van der Waals surface area contributed by atoms with Crippen LogP contribution in [0.4, 0.5) is 14.6 Å². The molecule has 0 aromatic carbocycles. The van der Waals surface area contributed by atoms with Gasteiger partial charge in [-0.2, -0.15) is 5.10 Å². The molecular formula is C28H37F2N5O2. The first kappa shape index (κ1) is 25.1. The summed E-state index contributed by atoms with van der Waals surface area (Å²) >= 11 is 0. The molecule has 2 aromatic rings. The van der Waals surface area contributed by atoms with E-state index in [-0.39, 0.29) is 11.6 Å². The first-order valence-electron chi connectivity index (χ1n) is 13.8. The number of pyridine rings is 1. The Labute approximate surface area is 217 Å². The van der Waals surface area contributed by atoms with Crippen molar-refractivity contribution in [3.8, 4) is 11.1 Å². The monoisotopic (exact) mass is 513 g/mol. The van der Waals surface area contributed by atoms with Crippen molar-refractivity contribution in [2.45, 2.75) is 75.4 Å². The minimum absolute atomic E-state index is 0.116. The van der Waals surface area contributed by atoms with Gasteiger partial charge in [0.1, 0.15) is 5.82 Å². The molecule has 0 atom stereocenters. The summed E-state index contributed by atoms with van der Waals surface area (Å²) in [5.41, 5.74) is 2.08. The van der Waals surface area contributed by atoms with Crippen LogP contribution >= 0.6 is 0 Å². The number of halogens is 2. The van der Waals surface area contributed by atoms with E-state index in [9.17, 15) is 8.78 Å². The Hall–Kier alpha value is -2.23. The van der Waals surface area contributed by atoms with Crippen LogP contribution in [0.5, 0.6) is 0 Å². The molecule has 4 aliphatic rings. The molecule has 1 spiro atoms. The summed E-state index contributed by atoms with van der Waals surface area (Å²) in [6, 6.07) is 6.18. The third kappa shape index (κ3) is 5.49. The fourth-order valence-electron chi connectivity index (χ4n) is 6.39. The first-order valence-corrected chi connectivity index (χ1v) is 13.8. The summed E-state index contributed by atoms with van der Waals surface area (Å²) in [7, 11) is 0. The maximum Gasteiger partial charge on any atom is 0.245 e. The molecule has 6 rings (SSSR count). The number of anilines is 1. The molecule has 9 heteroatoms. The van der Waals surface area contributed by atoms with E-state index >= 15 is 0 Å². The van der Waals surface area contributed by atoms with Crippen LogP contribution in [-0.2, 0) is 9.47 Å². The summed E-state index contributed by atoms with van der Waals surface area (Å²) < 4.78 is 40.6. The molecule has 2 saturated heterocycles. The minimum Gasteiger partial charge on any atom is -0.376 e. The average molecular weight is 514 g/mol. The molecule has 2 aliphatic heterocycles. The molecular weight excluding hydrogens is 476 g/mol. The Morgan fingerprint density at radius 1 is 1.08 bits per heavy atom. The highest BCUT2D eigenvalue weighted by Crippen LogP contribution is 2.45. The van der Waals surface area contributed by atoms with Crippen molar-refractivity contribution in [2.75, 3.05) is 44.8 Å². The smallest absolute Gasteiger partial charge is 0.245 e. The number of ether oxygens (including phenoxy) is 2. The molecule has 0 radical (unpaired) electrons. The number of alkyl halides is 2. The van der Waals surface area contributed by atoms with Gasteiger partial charge in [0.15, 0.2) is 0 Å². The highest BCUT2D eigenvalue weighted by Gasteiger charge is 2.46. The molecule has 37 heavy (non-hydrogen) atoms. The summed E-state index contributed by atoms with van der Waals surface area (Å²) in [5, 5.41) is 12.0. The Morgan fingerprint density at radius 2 is 1.89 bits per heavy atom. The zero-order valence-electron chi connectivity index (χ0n) is 21.4. The first-order chi connectivity index (χ1) is 18.0. The van der Waals surface area contributed by atoms with Crippen molar-refractivity contribution in [3.63, 3.8) is 0 Å². The van der Waals surface area contributed by atoms with Gasteiger partial charge in [0.05, 0.1) is 37.3 Å². The number of likely N-dealkylation sites (tertiary alicyclic amines) is 1. The average Bonchev–Trinajstić information content (AvgIpc) is 3.78. The third-order valence-electron chi connectivity index (χ3n) is 8.87. The Bertz CT molecular complexity index is 1060. The Balaban J connectivity index is 1.06. The van der Waals surface area contributed by atoms with Gasteiger partial charge in [-0.3, -0.25) is 4.98 Å². The van der Waals surface area contributed by atoms with Crippen LogP contribution in [0.3, 0.4) is 0 Å². The molecule has 2 aromatic heterocycles. The van der Waals surface area contributed by atoms with Crippen LogP contribution in [0, 0.1) is 5.41 Å². The van der Waals surface area contributed by atoms with Crippen molar-refractivity contribution in [1.82, 2.24) is 20.1 Å².